The lowest BCUT2D eigenvalue weighted by molar-refractivity contribution is 0.0631. The molecule has 1 aliphatic rings. The summed E-state index contributed by atoms with van der Waals surface area (Å²) < 4.78 is 0. The number of carbonyl (C=O) groups is 1. The van der Waals surface area contributed by atoms with E-state index in [0.29, 0.717) is 12.2 Å². The lowest BCUT2D eigenvalue weighted by Crippen LogP contribution is -2.41. The van der Waals surface area contributed by atoms with E-state index in [1.807, 2.05) is 6.92 Å². The summed E-state index contributed by atoms with van der Waals surface area (Å²) in [4.78, 5) is 22.3. The van der Waals surface area contributed by atoms with Crippen LogP contribution >= 0.6 is 0 Å². The van der Waals surface area contributed by atoms with Crippen molar-refractivity contribution in [2.24, 2.45) is 0 Å². The number of hydrogen-bond acceptors (Lipinski definition) is 4. The van der Waals surface area contributed by atoms with E-state index in [-0.39, 0.29) is 18.6 Å². The average molecular weight is 249 g/mol. The predicted molar refractivity (Wildman–Crippen MR) is 67.1 cm³/mol. The fourth-order valence-corrected chi connectivity index (χ4v) is 2.42. The molecule has 0 unspecified atom stereocenters. The van der Waals surface area contributed by atoms with Crippen molar-refractivity contribution in [1.29, 1.82) is 0 Å². The molecule has 2 rings (SSSR count). The van der Waals surface area contributed by atoms with Crippen molar-refractivity contribution >= 4 is 5.91 Å². The summed E-state index contributed by atoms with van der Waals surface area (Å²) >= 11 is 0. The molecular formula is C13H19N3O2. The van der Waals surface area contributed by atoms with Gasteiger partial charge in [0.25, 0.3) is 5.91 Å². The van der Waals surface area contributed by atoms with E-state index in [1.165, 1.54) is 6.20 Å². The summed E-state index contributed by atoms with van der Waals surface area (Å²) in [6.07, 6.45) is 7.45. The van der Waals surface area contributed by atoms with Crippen LogP contribution in [-0.2, 0) is 0 Å². The van der Waals surface area contributed by atoms with Crippen molar-refractivity contribution in [3.63, 3.8) is 0 Å². The van der Waals surface area contributed by atoms with Crippen LogP contribution in [0.3, 0.4) is 0 Å². The molecule has 5 nitrogen and oxygen atoms in total. The highest BCUT2D eigenvalue weighted by molar-refractivity contribution is 5.92. The summed E-state index contributed by atoms with van der Waals surface area (Å²) in [5, 5.41) is 9.11. The molecule has 98 valence electrons. The number of aromatic nitrogens is 2. The Morgan fingerprint density at radius 2 is 2.11 bits per heavy atom. The zero-order valence-electron chi connectivity index (χ0n) is 10.7. The highest BCUT2D eigenvalue weighted by Gasteiger charge is 2.27. The van der Waals surface area contributed by atoms with Gasteiger partial charge in [-0.15, -0.1) is 0 Å². The Kier molecular flexibility index (Phi) is 4.25. The zero-order valence-corrected chi connectivity index (χ0v) is 10.7. The Bertz CT molecular complexity index is 399. The molecule has 1 aliphatic carbocycles. The minimum absolute atomic E-state index is 0.0124. The van der Waals surface area contributed by atoms with Gasteiger partial charge in [-0.25, -0.2) is 4.98 Å². The number of hydrogen-bond donors (Lipinski definition) is 1. The van der Waals surface area contributed by atoms with E-state index in [9.17, 15) is 4.79 Å². The van der Waals surface area contributed by atoms with Gasteiger partial charge >= 0.3 is 0 Å². The summed E-state index contributed by atoms with van der Waals surface area (Å²) in [5.41, 5.74) is 1.15. The van der Waals surface area contributed by atoms with Gasteiger partial charge in [0.1, 0.15) is 5.69 Å². The Morgan fingerprint density at radius 1 is 1.39 bits per heavy atom. The quantitative estimate of drug-likeness (QED) is 0.869. The molecule has 1 saturated carbocycles. The van der Waals surface area contributed by atoms with Gasteiger partial charge in [0.15, 0.2) is 0 Å². The number of amides is 1. The molecule has 1 fully saturated rings. The van der Waals surface area contributed by atoms with Crippen LogP contribution in [0.2, 0.25) is 0 Å². The monoisotopic (exact) mass is 249 g/mol. The van der Waals surface area contributed by atoms with E-state index in [0.717, 1.165) is 31.4 Å². The molecule has 1 N–H and O–H groups in total. The molecule has 1 aromatic rings. The molecule has 18 heavy (non-hydrogen) atoms. The number of rotatable bonds is 4. The maximum Gasteiger partial charge on any atom is 0.274 e. The largest absolute Gasteiger partial charge is 0.395 e. The van der Waals surface area contributed by atoms with E-state index in [1.54, 1.807) is 11.1 Å². The van der Waals surface area contributed by atoms with E-state index in [2.05, 4.69) is 9.97 Å². The molecular weight excluding hydrogens is 230 g/mol. The highest BCUT2D eigenvalue weighted by atomic mass is 16.3. The van der Waals surface area contributed by atoms with Crippen LogP contribution in [-0.4, -0.2) is 45.1 Å². The third kappa shape index (κ3) is 2.85. The number of aryl methyl sites for hydroxylation is 1. The van der Waals surface area contributed by atoms with Crippen molar-refractivity contribution in [3.05, 3.63) is 23.8 Å². The molecule has 0 saturated heterocycles. The van der Waals surface area contributed by atoms with Crippen LogP contribution in [0, 0.1) is 6.92 Å². The molecule has 5 heteroatoms. The van der Waals surface area contributed by atoms with Gasteiger partial charge in [-0.1, -0.05) is 12.8 Å². The van der Waals surface area contributed by atoms with Crippen molar-refractivity contribution < 1.29 is 9.90 Å². The minimum atomic E-state index is -0.122. The number of aliphatic hydroxyl groups excluding tert-OH is 1. The molecule has 0 aromatic carbocycles. The smallest absolute Gasteiger partial charge is 0.274 e. The van der Waals surface area contributed by atoms with Gasteiger partial charge in [0.05, 0.1) is 18.5 Å². The zero-order chi connectivity index (χ0) is 13.0. The molecule has 0 aliphatic heterocycles. The lowest BCUT2D eigenvalue weighted by atomic mass is 10.2. The van der Waals surface area contributed by atoms with Crippen molar-refractivity contribution in [2.45, 2.75) is 38.6 Å². The maximum atomic E-state index is 12.3. The van der Waals surface area contributed by atoms with Crippen LogP contribution < -0.4 is 0 Å². The van der Waals surface area contributed by atoms with Crippen LogP contribution in [0.4, 0.5) is 0 Å². The second-order valence-corrected chi connectivity index (χ2v) is 4.70. The summed E-state index contributed by atoms with van der Waals surface area (Å²) in [6, 6.07) is 0.243. The predicted octanol–water partition coefficient (Wildman–Crippen LogP) is 1.16. The molecule has 0 atom stereocenters. The third-order valence-electron chi connectivity index (χ3n) is 3.37. The summed E-state index contributed by atoms with van der Waals surface area (Å²) in [6.45, 7) is 2.20. The van der Waals surface area contributed by atoms with Gasteiger partial charge in [0.2, 0.25) is 0 Å². The van der Waals surface area contributed by atoms with E-state index >= 15 is 0 Å². The van der Waals surface area contributed by atoms with Crippen LogP contribution in [0.25, 0.3) is 0 Å². The van der Waals surface area contributed by atoms with Gasteiger partial charge in [-0.3, -0.25) is 9.78 Å². The SMILES string of the molecule is Cc1cnc(C(=O)N(CCO)C2CCCC2)cn1. The van der Waals surface area contributed by atoms with Crippen LogP contribution in [0.1, 0.15) is 41.9 Å². The van der Waals surface area contributed by atoms with Crippen LogP contribution in [0.15, 0.2) is 12.4 Å². The maximum absolute atomic E-state index is 12.3. The molecule has 1 aromatic heterocycles. The van der Waals surface area contributed by atoms with E-state index in [4.69, 9.17) is 5.11 Å². The van der Waals surface area contributed by atoms with Crippen LogP contribution in [0.5, 0.6) is 0 Å². The first kappa shape index (κ1) is 13.0. The first-order chi connectivity index (χ1) is 8.72. The van der Waals surface area contributed by atoms with Gasteiger partial charge in [-0.2, -0.15) is 0 Å². The Balaban J connectivity index is 2.14. The summed E-state index contributed by atoms with van der Waals surface area (Å²) in [5.74, 6) is -0.122. The first-order valence-corrected chi connectivity index (χ1v) is 6.43. The second kappa shape index (κ2) is 5.91. The minimum Gasteiger partial charge on any atom is -0.395 e. The van der Waals surface area contributed by atoms with Crippen molar-refractivity contribution in [2.75, 3.05) is 13.2 Å². The van der Waals surface area contributed by atoms with Gasteiger partial charge < -0.3 is 10.0 Å². The number of carbonyl (C=O) groups excluding carboxylic acids is 1. The average Bonchev–Trinajstić information content (AvgIpc) is 2.90. The normalized spacial score (nSPS) is 15.9. The second-order valence-electron chi connectivity index (χ2n) is 4.70. The van der Waals surface area contributed by atoms with E-state index < -0.39 is 0 Å². The number of aliphatic hydroxyl groups is 1. The molecule has 0 bridgehead atoms. The fraction of sp³-hybridized carbons (Fsp3) is 0.615. The lowest BCUT2D eigenvalue weighted by Gasteiger charge is -2.27. The highest BCUT2D eigenvalue weighted by Crippen LogP contribution is 2.24. The standard InChI is InChI=1S/C13H19N3O2/c1-10-8-15-12(9-14-10)13(18)16(6-7-17)11-4-2-3-5-11/h8-9,11,17H,2-7H2,1H3. The third-order valence-corrected chi connectivity index (χ3v) is 3.37. The van der Waals surface area contributed by atoms with Gasteiger partial charge in [-0.05, 0) is 19.8 Å². The molecule has 1 heterocycles. The topological polar surface area (TPSA) is 66.3 Å². The molecule has 0 radical (unpaired) electrons. The number of nitrogens with zero attached hydrogens (tertiary/aromatic N) is 3. The Hall–Kier alpha value is -1.49. The summed E-state index contributed by atoms with van der Waals surface area (Å²) in [7, 11) is 0. The Morgan fingerprint density at radius 3 is 2.67 bits per heavy atom. The molecule has 0 spiro atoms. The first-order valence-electron chi connectivity index (χ1n) is 6.43. The van der Waals surface area contributed by atoms with Gasteiger partial charge in [0, 0.05) is 18.8 Å². The molecule has 1 amide bonds. The Labute approximate surface area is 107 Å². The fourth-order valence-electron chi connectivity index (χ4n) is 2.42. The van der Waals surface area contributed by atoms with Crippen molar-refractivity contribution in [1.82, 2.24) is 14.9 Å². The van der Waals surface area contributed by atoms with Crippen molar-refractivity contribution in [3.8, 4) is 0 Å².